The zero-order valence-corrected chi connectivity index (χ0v) is 12.5. The molecule has 0 aliphatic rings. The van der Waals surface area contributed by atoms with Gasteiger partial charge < -0.3 is 16.8 Å². The van der Waals surface area contributed by atoms with Crippen molar-refractivity contribution in [1.29, 1.82) is 0 Å². The van der Waals surface area contributed by atoms with Crippen molar-refractivity contribution in [3.8, 4) is 0 Å². The highest BCUT2D eigenvalue weighted by Gasteiger charge is 2.14. The van der Waals surface area contributed by atoms with E-state index in [1.165, 1.54) is 0 Å². The van der Waals surface area contributed by atoms with Crippen molar-refractivity contribution >= 4 is 17.4 Å². The minimum Gasteiger partial charge on any atom is -0.399 e. The van der Waals surface area contributed by atoms with Crippen LogP contribution in [0.5, 0.6) is 0 Å². The van der Waals surface area contributed by atoms with Gasteiger partial charge in [0.2, 0.25) is 0 Å². The van der Waals surface area contributed by atoms with Crippen LogP contribution in [-0.4, -0.2) is 10.9 Å². The standard InChI is InChI=1S/C16H20N4O/c1-9-7-10(2)20-16(14(9)15(18)21)19-8-12-5-4-6-13(17)11(12)3/h4-7H,8,17H2,1-3H3,(H2,18,21)(H,19,20). The maximum Gasteiger partial charge on any atom is 0.252 e. The van der Waals surface area contributed by atoms with Crippen molar-refractivity contribution in [2.24, 2.45) is 5.73 Å². The lowest BCUT2D eigenvalue weighted by Gasteiger charge is -2.14. The molecule has 1 aromatic heterocycles. The molecular formula is C16H20N4O. The van der Waals surface area contributed by atoms with E-state index < -0.39 is 5.91 Å². The smallest absolute Gasteiger partial charge is 0.252 e. The molecule has 1 amide bonds. The van der Waals surface area contributed by atoms with Gasteiger partial charge in [0.15, 0.2) is 0 Å². The van der Waals surface area contributed by atoms with Crippen LogP contribution in [0.4, 0.5) is 11.5 Å². The molecule has 0 spiro atoms. The summed E-state index contributed by atoms with van der Waals surface area (Å²) in [6.45, 7) is 6.24. The van der Waals surface area contributed by atoms with E-state index >= 15 is 0 Å². The second kappa shape index (κ2) is 5.83. The number of rotatable bonds is 4. The van der Waals surface area contributed by atoms with Gasteiger partial charge in [-0.05, 0) is 49.6 Å². The molecule has 5 nitrogen and oxygen atoms in total. The number of benzene rings is 1. The van der Waals surface area contributed by atoms with Crippen LogP contribution in [0.25, 0.3) is 0 Å². The number of hydrogen-bond acceptors (Lipinski definition) is 4. The quantitative estimate of drug-likeness (QED) is 0.751. The average Bonchev–Trinajstić information content (AvgIpc) is 2.39. The van der Waals surface area contributed by atoms with Gasteiger partial charge in [-0.15, -0.1) is 0 Å². The van der Waals surface area contributed by atoms with Crippen LogP contribution in [0.3, 0.4) is 0 Å². The predicted molar refractivity (Wildman–Crippen MR) is 85.1 cm³/mol. The lowest BCUT2D eigenvalue weighted by Crippen LogP contribution is -2.18. The Morgan fingerprint density at radius 2 is 2.00 bits per heavy atom. The van der Waals surface area contributed by atoms with E-state index in [2.05, 4.69) is 10.3 Å². The first-order valence-corrected chi connectivity index (χ1v) is 6.76. The molecule has 2 rings (SSSR count). The molecule has 2 aromatic rings. The summed E-state index contributed by atoms with van der Waals surface area (Å²) in [4.78, 5) is 16.0. The minimum atomic E-state index is -0.480. The van der Waals surface area contributed by atoms with Gasteiger partial charge in [-0.1, -0.05) is 12.1 Å². The van der Waals surface area contributed by atoms with Gasteiger partial charge in [0.05, 0.1) is 5.56 Å². The van der Waals surface area contributed by atoms with Crippen molar-refractivity contribution < 1.29 is 4.79 Å². The average molecular weight is 284 g/mol. The van der Waals surface area contributed by atoms with Crippen LogP contribution in [0.15, 0.2) is 24.3 Å². The Kier molecular flexibility index (Phi) is 4.12. The fourth-order valence-corrected chi connectivity index (χ4v) is 2.35. The number of aromatic nitrogens is 1. The number of amides is 1. The first-order chi connectivity index (χ1) is 9.90. The Labute approximate surface area is 124 Å². The van der Waals surface area contributed by atoms with Crippen LogP contribution >= 0.6 is 0 Å². The van der Waals surface area contributed by atoms with Gasteiger partial charge >= 0.3 is 0 Å². The molecule has 0 unspecified atom stereocenters. The molecule has 0 radical (unpaired) electrons. The van der Waals surface area contributed by atoms with Crippen LogP contribution in [0.2, 0.25) is 0 Å². The molecule has 0 saturated carbocycles. The minimum absolute atomic E-state index is 0.433. The zero-order valence-electron chi connectivity index (χ0n) is 12.5. The van der Waals surface area contributed by atoms with Gasteiger partial charge in [0, 0.05) is 17.9 Å². The number of hydrogen-bond donors (Lipinski definition) is 3. The van der Waals surface area contributed by atoms with E-state index in [0.717, 1.165) is 28.1 Å². The molecule has 21 heavy (non-hydrogen) atoms. The Balaban J connectivity index is 2.32. The molecule has 110 valence electrons. The number of nitrogens with zero attached hydrogens (tertiary/aromatic N) is 1. The number of pyridine rings is 1. The molecule has 1 heterocycles. The zero-order chi connectivity index (χ0) is 15.6. The number of nitrogens with one attached hydrogen (secondary N) is 1. The Morgan fingerprint density at radius 3 is 2.67 bits per heavy atom. The first-order valence-electron chi connectivity index (χ1n) is 6.76. The maximum absolute atomic E-state index is 11.6. The van der Waals surface area contributed by atoms with Gasteiger partial charge in [-0.3, -0.25) is 4.79 Å². The van der Waals surface area contributed by atoms with E-state index in [9.17, 15) is 4.79 Å². The van der Waals surface area contributed by atoms with Gasteiger partial charge in [-0.25, -0.2) is 4.98 Å². The van der Waals surface area contributed by atoms with Gasteiger partial charge in [0.25, 0.3) is 5.91 Å². The lowest BCUT2D eigenvalue weighted by atomic mass is 10.1. The fourth-order valence-electron chi connectivity index (χ4n) is 2.35. The van der Waals surface area contributed by atoms with E-state index in [1.807, 2.05) is 45.0 Å². The van der Waals surface area contributed by atoms with E-state index in [-0.39, 0.29) is 0 Å². The molecule has 0 fully saturated rings. The van der Waals surface area contributed by atoms with Gasteiger partial charge in [0.1, 0.15) is 5.82 Å². The molecule has 5 heteroatoms. The van der Waals surface area contributed by atoms with E-state index in [0.29, 0.717) is 17.9 Å². The number of carbonyl (C=O) groups is 1. The number of carbonyl (C=O) groups excluding carboxylic acids is 1. The summed E-state index contributed by atoms with van der Waals surface area (Å²) in [6.07, 6.45) is 0. The fraction of sp³-hybridized carbons (Fsp3) is 0.250. The molecule has 0 bridgehead atoms. The molecule has 5 N–H and O–H groups in total. The molecule has 0 aliphatic carbocycles. The third-order valence-corrected chi connectivity index (χ3v) is 3.53. The van der Waals surface area contributed by atoms with Crippen LogP contribution in [0.1, 0.15) is 32.7 Å². The maximum atomic E-state index is 11.6. The van der Waals surface area contributed by atoms with Gasteiger partial charge in [-0.2, -0.15) is 0 Å². The summed E-state index contributed by atoms with van der Waals surface area (Å²) < 4.78 is 0. The number of primary amides is 1. The second-order valence-corrected chi connectivity index (χ2v) is 5.15. The van der Waals surface area contributed by atoms with Crippen LogP contribution in [0, 0.1) is 20.8 Å². The summed E-state index contributed by atoms with van der Waals surface area (Å²) >= 11 is 0. The van der Waals surface area contributed by atoms with Crippen molar-refractivity contribution in [1.82, 2.24) is 4.98 Å². The van der Waals surface area contributed by atoms with E-state index in [4.69, 9.17) is 11.5 Å². The SMILES string of the molecule is Cc1cc(C)c(C(N)=O)c(NCc2cccc(N)c2C)n1. The third kappa shape index (κ3) is 3.13. The summed E-state index contributed by atoms with van der Waals surface area (Å²) in [5.74, 6) is 0.0358. The Hall–Kier alpha value is -2.56. The predicted octanol–water partition coefficient (Wildman–Crippen LogP) is 2.30. The Morgan fingerprint density at radius 1 is 1.29 bits per heavy atom. The normalized spacial score (nSPS) is 10.4. The number of nitrogens with two attached hydrogens (primary N) is 2. The van der Waals surface area contributed by atoms with E-state index in [1.54, 1.807) is 0 Å². The lowest BCUT2D eigenvalue weighted by molar-refractivity contribution is 0.1000. The van der Waals surface area contributed by atoms with Crippen LogP contribution in [-0.2, 0) is 6.54 Å². The van der Waals surface area contributed by atoms with Crippen LogP contribution < -0.4 is 16.8 Å². The molecule has 1 aromatic carbocycles. The number of aryl methyl sites for hydroxylation is 2. The first kappa shape index (κ1) is 14.8. The monoisotopic (exact) mass is 284 g/mol. The highest BCUT2D eigenvalue weighted by atomic mass is 16.1. The third-order valence-electron chi connectivity index (χ3n) is 3.53. The molecule has 0 atom stereocenters. The van der Waals surface area contributed by atoms with Crippen molar-refractivity contribution in [3.05, 3.63) is 52.2 Å². The summed E-state index contributed by atoms with van der Waals surface area (Å²) in [5, 5.41) is 3.19. The molecule has 0 aliphatic heterocycles. The molecule has 0 saturated heterocycles. The molecular weight excluding hydrogens is 264 g/mol. The van der Waals surface area contributed by atoms with Crippen molar-refractivity contribution in [2.75, 3.05) is 11.1 Å². The summed E-state index contributed by atoms with van der Waals surface area (Å²) in [7, 11) is 0. The summed E-state index contributed by atoms with van der Waals surface area (Å²) in [6, 6.07) is 7.61. The van der Waals surface area contributed by atoms with Crippen molar-refractivity contribution in [2.45, 2.75) is 27.3 Å². The Bertz CT molecular complexity index is 695. The number of nitrogen functional groups attached to an aromatic ring is 1. The second-order valence-electron chi connectivity index (χ2n) is 5.15. The highest BCUT2D eigenvalue weighted by Crippen LogP contribution is 2.21. The largest absolute Gasteiger partial charge is 0.399 e. The number of anilines is 2. The van der Waals surface area contributed by atoms with Crippen molar-refractivity contribution in [3.63, 3.8) is 0 Å². The summed E-state index contributed by atoms with van der Waals surface area (Å²) in [5.41, 5.74) is 16.3. The topological polar surface area (TPSA) is 94.0 Å². The highest BCUT2D eigenvalue weighted by molar-refractivity contribution is 5.99.